The molecule has 32 heavy (non-hydrogen) atoms. The van der Waals surface area contributed by atoms with E-state index in [0.717, 1.165) is 4.88 Å². The highest BCUT2D eigenvalue weighted by molar-refractivity contribution is 7.09. The van der Waals surface area contributed by atoms with Gasteiger partial charge in [-0.1, -0.05) is 12.1 Å². The maximum absolute atomic E-state index is 12.3. The monoisotopic (exact) mass is 457 g/mol. The number of thiophene rings is 1. The molecule has 10 heteroatoms. The van der Waals surface area contributed by atoms with Gasteiger partial charge >= 0.3 is 18.2 Å². The maximum atomic E-state index is 12.3. The van der Waals surface area contributed by atoms with Gasteiger partial charge in [-0.3, -0.25) is 0 Å². The molecule has 168 valence electrons. The second-order valence-electron chi connectivity index (χ2n) is 6.18. The Morgan fingerprint density at radius 2 is 1.75 bits per heavy atom. The van der Waals surface area contributed by atoms with E-state index in [0.29, 0.717) is 25.1 Å². The zero-order valence-electron chi connectivity index (χ0n) is 17.7. The number of hydrogen-bond acceptors (Lipinski definition) is 8. The van der Waals surface area contributed by atoms with Crippen LogP contribution in [0, 0.1) is 11.3 Å². The van der Waals surface area contributed by atoms with Crippen molar-refractivity contribution < 1.29 is 28.6 Å². The number of ether oxygens (including phenoxy) is 3. The van der Waals surface area contributed by atoms with E-state index in [1.807, 2.05) is 23.6 Å². The SMILES string of the molecule is CCNC(=O)Oc1ccc(/C=C(\C#N)C(=O)OCCc2cccs2)cc1OC(=O)NCC. The summed E-state index contributed by atoms with van der Waals surface area (Å²) in [4.78, 5) is 36.9. The summed E-state index contributed by atoms with van der Waals surface area (Å²) in [5.74, 6) is -0.825. The normalized spacial score (nSPS) is 10.6. The van der Waals surface area contributed by atoms with E-state index in [1.165, 1.54) is 24.3 Å². The van der Waals surface area contributed by atoms with Crippen molar-refractivity contribution in [2.75, 3.05) is 19.7 Å². The molecule has 2 amide bonds. The van der Waals surface area contributed by atoms with E-state index < -0.39 is 18.2 Å². The van der Waals surface area contributed by atoms with Crippen molar-refractivity contribution in [1.29, 1.82) is 5.26 Å². The fraction of sp³-hybridized carbons (Fsp3) is 0.273. The fourth-order valence-corrected chi connectivity index (χ4v) is 3.11. The fourth-order valence-electron chi connectivity index (χ4n) is 2.42. The molecule has 0 aliphatic heterocycles. The summed E-state index contributed by atoms with van der Waals surface area (Å²) in [6.07, 6.45) is 0.387. The molecular weight excluding hydrogens is 434 g/mol. The molecule has 1 aromatic carbocycles. The van der Waals surface area contributed by atoms with Gasteiger partial charge in [0.25, 0.3) is 0 Å². The Labute approximate surface area is 189 Å². The predicted octanol–water partition coefficient (Wildman–Crippen LogP) is 3.66. The smallest absolute Gasteiger partial charge is 0.412 e. The molecule has 0 bridgehead atoms. The van der Waals surface area contributed by atoms with Gasteiger partial charge in [0.15, 0.2) is 11.5 Å². The predicted molar refractivity (Wildman–Crippen MR) is 118 cm³/mol. The van der Waals surface area contributed by atoms with E-state index in [9.17, 15) is 19.6 Å². The lowest BCUT2D eigenvalue weighted by Crippen LogP contribution is -2.28. The standard InChI is InChI=1S/C22H23N3O6S/c1-3-24-21(27)30-18-8-7-15(13-19(18)31-22(28)25-4-2)12-16(14-23)20(26)29-10-9-17-6-5-11-32-17/h5-8,11-13H,3-4,9-10H2,1-2H3,(H,24,27)(H,25,28)/b16-12+. The Balaban J connectivity index is 2.18. The van der Waals surface area contributed by atoms with E-state index in [1.54, 1.807) is 25.2 Å². The Hall–Kier alpha value is -3.84. The Morgan fingerprint density at radius 1 is 1.06 bits per heavy atom. The first-order chi connectivity index (χ1) is 15.5. The third-order valence-corrected chi connectivity index (χ3v) is 4.76. The van der Waals surface area contributed by atoms with Gasteiger partial charge in [0.1, 0.15) is 11.6 Å². The highest BCUT2D eigenvalue weighted by Gasteiger charge is 2.16. The van der Waals surface area contributed by atoms with E-state index in [4.69, 9.17) is 14.2 Å². The lowest BCUT2D eigenvalue weighted by atomic mass is 10.1. The minimum atomic E-state index is -0.766. The summed E-state index contributed by atoms with van der Waals surface area (Å²) in [6, 6.07) is 9.93. The molecule has 0 spiro atoms. The van der Waals surface area contributed by atoms with Crippen LogP contribution in [0.5, 0.6) is 11.5 Å². The summed E-state index contributed by atoms with van der Waals surface area (Å²) >= 11 is 1.55. The second kappa shape index (κ2) is 12.8. The number of amides is 2. The van der Waals surface area contributed by atoms with Gasteiger partial charge in [-0.15, -0.1) is 11.3 Å². The van der Waals surface area contributed by atoms with Crippen molar-refractivity contribution in [3.63, 3.8) is 0 Å². The van der Waals surface area contributed by atoms with Crippen LogP contribution in [0.4, 0.5) is 9.59 Å². The number of carbonyl (C=O) groups excluding carboxylic acids is 3. The van der Waals surface area contributed by atoms with Crippen molar-refractivity contribution >= 4 is 35.6 Å². The first-order valence-electron chi connectivity index (χ1n) is 9.83. The van der Waals surface area contributed by atoms with Crippen molar-refractivity contribution in [3.05, 3.63) is 51.7 Å². The molecule has 2 N–H and O–H groups in total. The molecular formula is C22H23N3O6S. The van der Waals surface area contributed by atoms with Gasteiger partial charge in [0.05, 0.1) is 6.61 Å². The Bertz CT molecular complexity index is 1010. The quantitative estimate of drug-likeness (QED) is 0.334. The number of benzene rings is 1. The molecule has 0 radical (unpaired) electrons. The van der Waals surface area contributed by atoms with Crippen LogP contribution in [-0.2, 0) is 16.0 Å². The lowest BCUT2D eigenvalue weighted by Gasteiger charge is -2.12. The van der Waals surface area contributed by atoms with E-state index in [2.05, 4.69) is 10.6 Å². The third-order valence-electron chi connectivity index (χ3n) is 3.83. The minimum Gasteiger partial charge on any atom is -0.461 e. The molecule has 0 aliphatic carbocycles. The molecule has 0 saturated carbocycles. The summed E-state index contributed by atoms with van der Waals surface area (Å²) in [5, 5.41) is 16.2. The largest absolute Gasteiger partial charge is 0.461 e. The molecule has 0 aliphatic rings. The first-order valence-corrected chi connectivity index (χ1v) is 10.7. The van der Waals surface area contributed by atoms with Crippen molar-refractivity contribution in [3.8, 4) is 17.6 Å². The van der Waals surface area contributed by atoms with Crippen molar-refractivity contribution in [1.82, 2.24) is 10.6 Å². The number of nitrogens with one attached hydrogen (secondary N) is 2. The van der Waals surface area contributed by atoms with Gasteiger partial charge in [-0.2, -0.15) is 5.26 Å². The van der Waals surface area contributed by atoms with Gasteiger partial charge in [0, 0.05) is 24.4 Å². The molecule has 0 atom stereocenters. The van der Waals surface area contributed by atoms with E-state index >= 15 is 0 Å². The Morgan fingerprint density at radius 3 is 2.34 bits per heavy atom. The number of rotatable bonds is 9. The number of esters is 1. The number of carbonyl (C=O) groups is 3. The van der Waals surface area contributed by atoms with Gasteiger partial charge in [0.2, 0.25) is 0 Å². The Kier molecular flexibility index (Phi) is 9.74. The van der Waals surface area contributed by atoms with Crippen LogP contribution in [0.3, 0.4) is 0 Å². The van der Waals surface area contributed by atoms with Crippen LogP contribution in [-0.4, -0.2) is 37.9 Å². The maximum Gasteiger partial charge on any atom is 0.412 e. The van der Waals surface area contributed by atoms with Crippen LogP contribution in [0.25, 0.3) is 6.08 Å². The molecule has 0 unspecified atom stereocenters. The molecule has 2 aromatic rings. The number of nitrogens with zero attached hydrogens (tertiary/aromatic N) is 1. The highest BCUT2D eigenvalue weighted by atomic mass is 32.1. The van der Waals surface area contributed by atoms with Crippen LogP contribution in [0.1, 0.15) is 24.3 Å². The molecule has 0 fully saturated rings. The summed E-state index contributed by atoms with van der Waals surface area (Å²) in [6.45, 7) is 4.27. The van der Waals surface area contributed by atoms with Crippen molar-refractivity contribution in [2.24, 2.45) is 0 Å². The van der Waals surface area contributed by atoms with Crippen LogP contribution in [0.15, 0.2) is 41.3 Å². The third kappa shape index (κ3) is 7.77. The average Bonchev–Trinajstić information content (AvgIpc) is 3.27. The van der Waals surface area contributed by atoms with Crippen LogP contribution in [0.2, 0.25) is 0 Å². The molecule has 1 heterocycles. The topological polar surface area (TPSA) is 127 Å². The molecule has 9 nitrogen and oxygen atoms in total. The summed E-state index contributed by atoms with van der Waals surface area (Å²) in [7, 11) is 0. The zero-order chi connectivity index (χ0) is 23.3. The highest BCUT2D eigenvalue weighted by Crippen LogP contribution is 2.30. The van der Waals surface area contributed by atoms with Gasteiger partial charge < -0.3 is 24.8 Å². The second-order valence-corrected chi connectivity index (χ2v) is 7.21. The van der Waals surface area contributed by atoms with Crippen LogP contribution >= 0.6 is 11.3 Å². The molecule has 1 aromatic heterocycles. The van der Waals surface area contributed by atoms with E-state index in [-0.39, 0.29) is 23.7 Å². The molecule has 2 rings (SSSR count). The number of hydrogen-bond donors (Lipinski definition) is 2. The first kappa shape index (κ1) is 24.4. The lowest BCUT2D eigenvalue weighted by molar-refractivity contribution is -0.138. The van der Waals surface area contributed by atoms with Crippen LogP contribution < -0.4 is 20.1 Å². The number of nitriles is 1. The molecule has 0 saturated heterocycles. The average molecular weight is 458 g/mol. The zero-order valence-corrected chi connectivity index (χ0v) is 18.5. The van der Waals surface area contributed by atoms with Gasteiger partial charge in [-0.05, 0) is 49.1 Å². The minimum absolute atomic E-state index is 0.00335. The summed E-state index contributed by atoms with van der Waals surface area (Å²) < 4.78 is 15.5. The van der Waals surface area contributed by atoms with Gasteiger partial charge in [-0.25, -0.2) is 14.4 Å². The summed E-state index contributed by atoms with van der Waals surface area (Å²) in [5.41, 5.74) is 0.150. The van der Waals surface area contributed by atoms with Crippen molar-refractivity contribution in [2.45, 2.75) is 20.3 Å².